The second kappa shape index (κ2) is 20.2. The molecule has 18 heteroatoms. The van der Waals surface area contributed by atoms with Gasteiger partial charge in [0, 0.05) is 63.3 Å². The average Bonchev–Trinajstić information content (AvgIpc) is 3.80. The van der Waals surface area contributed by atoms with E-state index in [9.17, 15) is 19.5 Å². The van der Waals surface area contributed by atoms with Crippen molar-refractivity contribution in [1.82, 2.24) is 44.6 Å². The summed E-state index contributed by atoms with van der Waals surface area (Å²) in [6.45, 7) is 11.1. The fourth-order valence-corrected chi connectivity index (χ4v) is 7.55. The number of fused-ring (bicyclic) bond motifs is 1. The summed E-state index contributed by atoms with van der Waals surface area (Å²) in [5, 5.41) is 22.9. The molecule has 4 aromatic rings. The molecular formula is C37H54N12O5S. The first-order chi connectivity index (χ1) is 26.5. The van der Waals surface area contributed by atoms with E-state index in [2.05, 4.69) is 70.4 Å². The normalized spacial score (nSPS) is 14.8. The molecule has 1 aliphatic rings. The predicted octanol–water partition coefficient (Wildman–Crippen LogP) is 2.19. The number of ether oxygens (including phenoxy) is 1. The van der Waals surface area contributed by atoms with Crippen LogP contribution in [0.3, 0.4) is 0 Å². The van der Waals surface area contributed by atoms with Gasteiger partial charge in [-0.1, -0.05) is 37.1 Å². The van der Waals surface area contributed by atoms with Gasteiger partial charge >= 0.3 is 5.97 Å². The van der Waals surface area contributed by atoms with E-state index in [4.69, 9.17) is 16.2 Å². The molecule has 7 N–H and O–H groups in total. The van der Waals surface area contributed by atoms with Gasteiger partial charge in [-0.05, 0) is 31.0 Å². The third-order valence-corrected chi connectivity index (χ3v) is 10.9. The molecule has 2 atom stereocenters. The fraction of sp³-hybridized carbons (Fsp3) is 0.541. The van der Waals surface area contributed by atoms with Crippen molar-refractivity contribution in [1.29, 1.82) is 0 Å². The quantitative estimate of drug-likeness (QED) is 0.0722. The Morgan fingerprint density at radius 2 is 1.84 bits per heavy atom. The van der Waals surface area contributed by atoms with Gasteiger partial charge in [0.1, 0.15) is 22.7 Å². The van der Waals surface area contributed by atoms with E-state index in [0.717, 1.165) is 105 Å². The SMILES string of the molecule is CCCCCNc1nc(N)nc2ccn(Cc3ccc(CN4CCN(CCn5cc(CNC(=O)[C@@H](CC(=O)O)SC[C@H](N)C(C)=O)nn5)CC4)cc3OC)c12. The van der Waals surface area contributed by atoms with Crippen molar-refractivity contribution in [2.75, 3.05) is 63.2 Å². The van der Waals surface area contributed by atoms with Gasteiger partial charge in [-0.3, -0.25) is 28.9 Å². The van der Waals surface area contributed by atoms with Crippen LogP contribution < -0.4 is 26.8 Å². The number of methoxy groups -OCH3 is 1. The minimum absolute atomic E-state index is 0.115. The van der Waals surface area contributed by atoms with Crippen molar-refractivity contribution in [2.45, 2.75) is 77.0 Å². The number of carbonyl (C=O) groups is 3. The van der Waals surface area contributed by atoms with E-state index in [1.54, 1.807) is 18.0 Å². The lowest BCUT2D eigenvalue weighted by atomic mass is 10.1. The van der Waals surface area contributed by atoms with Gasteiger partial charge in [0.15, 0.2) is 5.82 Å². The number of thioether (sulfide) groups is 1. The Morgan fingerprint density at radius 3 is 2.56 bits per heavy atom. The van der Waals surface area contributed by atoms with Gasteiger partial charge in [0.25, 0.3) is 0 Å². The number of ketones is 1. The number of carboxylic acids is 1. The molecule has 0 aliphatic carbocycles. The fourth-order valence-electron chi connectivity index (χ4n) is 6.38. The summed E-state index contributed by atoms with van der Waals surface area (Å²) >= 11 is 1.06. The van der Waals surface area contributed by atoms with Crippen LogP contribution >= 0.6 is 11.8 Å². The van der Waals surface area contributed by atoms with Gasteiger partial charge in [0.05, 0.1) is 56.2 Å². The van der Waals surface area contributed by atoms with E-state index < -0.39 is 23.2 Å². The number of nitrogens with two attached hydrogens (primary N) is 2. The Balaban J connectivity index is 1.07. The number of carbonyl (C=O) groups excluding carboxylic acids is 2. The van der Waals surface area contributed by atoms with Gasteiger partial charge in [0.2, 0.25) is 11.9 Å². The maximum Gasteiger partial charge on any atom is 0.305 e. The van der Waals surface area contributed by atoms with Crippen LogP contribution in [-0.4, -0.2) is 126 Å². The maximum absolute atomic E-state index is 12.7. The lowest BCUT2D eigenvalue weighted by Crippen LogP contribution is -2.46. The summed E-state index contributed by atoms with van der Waals surface area (Å²) in [5.74, 6) is 0.236. The first kappa shape index (κ1) is 41.4. The molecule has 4 heterocycles. The molecule has 0 bridgehead atoms. The highest BCUT2D eigenvalue weighted by atomic mass is 32.2. The molecular weight excluding hydrogens is 725 g/mol. The Hall–Kier alpha value is -4.78. The van der Waals surface area contributed by atoms with Crippen LogP contribution in [0.1, 0.15) is 56.4 Å². The smallest absolute Gasteiger partial charge is 0.305 e. The molecule has 55 heavy (non-hydrogen) atoms. The maximum atomic E-state index is 12.7. The lowest BCUT2D eigenvalue weighted by molar-refractivity contribution is -0.138. The molecule has 1 amide bonds. The molecule has 0 unspecified atom stereocenters. The summed E-state index contributed by atoms with van der Waals surface area (Å²) in [7, 11) is 1.71. The number of piperazine rings is 1. The number of carboxylic acid groups (broad SMARTS) is 1. The van der Waals surface area contributed by atoms with Crippen molar-refractivity contribution in [3.8, 4) is 5.75 Å². The van der Waals surface area contributed by atoms with Crippen molar-refractivity contribution in [2.24, 2.45) is 5.73 Å². The first-order valence-electron chi connectivity index (χ1n) is 18.8. The molecule has 1 aliphatic heterocycles. The number of nitrogen functional groups attached to an aromatic ring is 1. The summed E-state index contributed by atoms with van der Waals surface area (Å²) in [4.78, 5) is 49.3. The second-order valence-electron chi connectivity index (χ2n) is 13.8. The van der Waals surface area contributed by atoms with Gasteiger partial charge in [-0.15, -0.1) is 16.9 Å². The Bertz CT molecular complexity index is 1890. The topological polar surface area (TPSA) is 225 Å². The molecule has 0 radical (unpaired) electrons. The third-order valence-electron chi connectivity index (χ3n) is 9.59. The summed E-state index contributed by atoms with van der Waals surface area (Å²) < 4.78 is 9.76. The van der Waals surface area contributed by atoms with Crippen LogP contribution in [0.15, 0.2) is 36.7 Å². The standard InChI is InChI=1S/C37H54N12O5S/c1-4-5-6-10-40-35-34-30(42-37(39)43-35)9-11-48(34)22-27-8-7-26(18-31(27)54-3)21-47-14-12-46(13-15-47)16-17-49-23-28(44-45-49)20-41-36(53)32(19-33(51)52)55-24-29(38)25(2)50/h7-9,11,18,23,29,32H,4-6,10,12-17,19-22,24,38H2,1-3H3,(H,41,53)(H,51,52)(H3,39,40,42,43)/t29-,32+/m0/s1. The van der Waals surface area contributed by atoms with Crippen LogP contribution in [-0.2, 0) is 40.6 Å². The zero-order chi connectivity index (χ0) is 39.3. The Morgan fingerprint density at radius 1 is 1.05 bits per heavy atom. The number of rotatable bonds is 22. The molecule has 0 saturated carbocycles. The number of aromatic nitrogens is 6. The minimum Gasteiger partial charge on any atom is -0.496 e. The van der Waals surface area contributed by atoms with Crippen LogP contribution in [0, 0.1) is 0 Å². The van der Waals surface area contributed by atoms with Crippen molar-refractivity contribution < 1.29 is 24.2 Å². The highest BCUT2D eigenvalue weighted by Gasteiger charge is 2.24. The highest BCUT2D eigenvalue weighted by Crippen LogP contribution is 2.28. The third kappa shape index (κ3) is 12.1. The minimum atomic E-state index is -1.11. The van der Waals surface area contributed by atoms with Gasteiger partial charge < -0.3 is 36.5 Å². The number of Topliss-reactive ketones (excluding diaryl/α,β-unsaturated/α-hetero) is 1. The van der Waals surface area contributed by atoms with E-state index in [1.165, 1.54) is 12.5 Å². The number of nitrogens with one attached hydrogen (secondary N) is 2. The second-order valence-corrected chi connectivity index (χ2v) is 15.1. The van der Waals surface area contributed by atoms with E-state index in [0.29, 0.717) is 18.8 Å². The van der Waals surface area contributed by atoms with E-state index >= 15 is 0 Å². The lowest BCUT2D eigenvalue weighted by Gasteiger charge is -2.34. The molecule has 0 spiro atoms. The number of nitrogens with zero attached hydrogens (tertiary/aromatic N) is 8. The Kier molecular flexibility index (Phi) is 15.2. The summed E-state index contributed by atoms with van der Waals surface area (Å²) in [5.41, 5.74) is 16.3. The number of unbranched alkanes of at least 4 members (excludes halogenated alkanes) is 2. The largest absolute Gasteiger partial charge is 0.496 e. The van der Waals surface area contributed by atoms with E-state index in [-0.39, 0.29) is 30.5 Å². The van der Waals surface area contributed by atoms with Gasteiger partial charge in [-0.25, -0.2) is 4.98 Å². The molecule has 1 fully saturated rings. The molecule has 298 valence electrons. The number of anilines is 2. The highest BCUT2D eigenvalue weighted by molar-refractivity contribution is 8.00. The van der Waals surface area contributed by atoms with Crippen molar-refractivity contribution in [3.63, 3.8) is 0 Å². The number of amides is 1. The van der Waals surface area contributed by atoms with Crippen LogP contribution in [0.25, 0.3) is 11.0 Å². The number of benzene rings is 1. The predicted molar refractivity (Wildman–Crippen MR) is 213 cm³/mol. The monoisotopic (exact) mass is 778 g/mol. The summed E-state index contributed by atoms with van der Waals surface area (Å²) in [6.07, 6.45) is 6.79. The van der Waals surface area contributed by atoms with Crippen molar-refractivity contribution in [3.05, 3.63) is 53.5 Å². The van der Waals surface area contributed by atoms with Crippen molar-refractivity contribution >= 4 is 52.2 Å². The van der Waals surface area contributed by atoms with Gasteiger partial charge in [-0.2, -0.15) is 4.98 Å². The van der Waals surface area contributed by atoms with Crippen LogP contribution in [0.5, 0.6) is 5.75 Å². The average molecular weight is 779 g/mol. The van der Waals surface area contributed by atoms with Crippen LogP contribution in [0.4, 0.5) is 11.8 Å². The number of hydrogen-bond donors (Lipinski definition) is 5. The van der Waals surface area contributed by atoms with E-state index in [1.807, 2.05) is 12.3 Å². The zero-order valence-corrected chi connectivity index (χ0v) is 32.8. The number of aliphatic carboxylic acids is 1. The molecule has 3 aromatic heterocycles. The first-order valence-corrected chi connectivity index (χ1v) is 19.8. The number of hydrogen-bond acceptors (Lipinski definition) is 14. The molecule has 1 saturated heterocycles. The molecule has 17 nitrogen and oxygen atoms in total. The van der Waals surface area contributed by atoms with Crippen LogP contribution in [0.2, 0.25) is 0 Å². The molecule has 5 rings (SSSR count). The Labute approximate surface area is 325 Å². The zero-order valence-electron chi connectivity index (χ0n) is 31.9. The molecule has 1 aromatic carbocycles. The summed E-state index contributed by atoms with van der Waals surface area (Å²) in [6, 6.07) is 7.66.